The molecule has 10 heteroatoms. The number of thioether (sulfide) groups is 1. The smallest absolute Gasteiger partial charge is 0.212 e. The Balaban J connectivity index is 1.51. The van der Waals surface area contributed by atoms with Crippen LogP contribution in [0.1, 0.15) is 42.8 Å². The first-order chi connectivity index (χ1) is 18.5. The molecule has 0 bridgehead atoms. The highest BCUT2D eigenvalue weighted by Crippen LogP contribution is 2.30. The minimum Gasteiger partial charge on any atom is -0.490 e. The topological polar surface area (TPSA) is 61.5 Å². The molecule has 38 heavy (non-hydrogen) atoms. The predicted molar refractivity (Wildman–Crippen MR) is 156 cm³/mol. The lowest BCUT2D eigenvalue weighted by molar-refractivity contribution is 0.269. The number of aromatic nitrogens is 3. The first-order valence-electron chi connectivity index (χ1n) is 12.2. The van der Waals surface area contributed by atoms with Crippen LogP contribution >= 0.6 is 46.6 Å². The van der Waals surface area contributed by atoms with Gasteiger partial charge < -0.3 is 9.47 Å². The Morgan fingerprint density at radius 1 is 0.895 bits per heavy atom. The molecular formula is C28H27Cl3N4O2S. The number of benzene rings is 3. The van der Waals surface area contributed by atoms with Crippen molar-refractivity contribution in [3.63, 3.8) is 0 Å². The fourth-order valence-corrected chi connectivity index (χ4v) is 4.97. The van der Waals surface area contributed by atoms with Gasteiger partial charge in [-0.25, -0.2) is 0 Å². The van der Waals surface area contributed by atoms with E-state index in [0.717, 1.165) is 46.3 Å². The highest BCUT2D eigenvalue weighted by Gasteiger charge is 2.13. The lowest BCUT2D eigenvalue weighted by Gasteiger charge is -2.13. The van der Waals surface area contributed by atoms with Gasteiger partial charge in [0.2, 0.25) is 5.16 Å². The van der Waals surface area contributed by atoms with Crippen molar-refractivity contribution in [2.75, 3.05) is 6.61 Å². The molecule has 0 saturated heterocycles. The van der Waals surface area contributed by atoms with Crippen LogP contribution in [0.5, 0.6) is 11.5 Å². The van der Waals surface area contributed by atoms with Crippen LogP contribution in [0.2, 0.25) is 15.1 Å². The number of nitrogens with zero attached hydrogens (tertiary/aromatic N) is 4. The van der Waals surface area contributed by atoms with E-state index in [2.05, 4.69) is 17.1 Å². The number of hydrogen-bond donors (Lipinski definition) is 0. The van der Waals surface area contributed by atoms with E-state index >= 15 is 0 Å². The summed E-state index contributed by atoms with van der Waals surface area (Å²) < 4.78 is 13.7. The molecule has 0 unspecified atom stereocenters. The molecule has 198 valence electrons. The summed E-state index contributed by atoms with van der Waals surface area (Å²) >= 11 is 19.9. The largest absolute Gasteiger partial charge is 0.490 e. The number of rotatable bonds is 12. The average Bonchev–Trinajstić information content (AvgIpc) is 3.29. The summed E-state index contributed by atoms with van der Waals surface area (Å²) in [7, 11) is 0. The van der Waals surface area contributed by atoms with Crippen molar-refractivity contribution in [3.8, 4) is 11.5 Å². The Morgan fingerprint density at radius 3 is 2.42 bits per heavy atom. The molecule has 4 aromatic rings. The van der Waals surface area contributed by atoms with Crippen LogP contribution in [0.25, 0.3) is 0 Å². The third kappa shape index (κ3) is 7.67. The molecule has 0 saturated carbocycles. The molecule has 0 fully saturated rings. The van der Waals surface area contributed by atoms with Gasteiger partial charge in [-0.15, -0.1) is 10.2 Å². The minimum atomic E-state index is 0.290. The second-order valence-corrected chi connectivity index (χ2v) is 10.5. The molecule has 1 aromatic heterocycles. The third-order valence-corrected chi connectivity index (χ3v) is 7.25. The van der Waals surface area contributed by atoms with Crippen molar-refractivity contribution in [3.05, 3.63) is 98.2 Å². The SMILES string of the molecule is CCCc1nnc(SCc2ccc(Cl)cc2)n1/N=C/c1ccc(OCc2ccc(Cl)cc2Cl)c(OCC)c1. The van der Waals surface area contributed by atoms with Gasteiger partial charge in [0, 0.05) is 32.8 Å². The molecule has 6 nitrogen and oxygen atoms in total. The molecule has 0 amide bonds. The van der Waals surface area contributed by atoms with Crippen molar-refractivity contribution < 1.29 is 9.47 Å². The molecular weight excluding hydrogens is 563 g/mol. The summed E-state index contributed by atoms with van der Waals surface area (Å²) in [6.45, 7) is 4.82. The van der Waals surface area contributed by atoms with Crippen molar-refractivity contribution in [2.45, 2.75) is 44.2 Å². The third-order valence-electron chi connectivity index (χ3n) is 5.42. The lowest BCUT2D eigenvalue weighted by atomic mass is 10.2. The number of hydrogen-bond acceptors (Lipinski definition) is 6. The van der Waals surface area contributed by atoms with E-state index in [4.69, 9.17) is 49.4 Å². The van der Waals surface area contributed by atoms with Crippen LogP contribution in [0.4, 0.5) is 0 Å². The number of halogens is 3. The molecule has 0 spiro atoms. The molecule has 0 aliphatic heterocycles. The zero-order chi connectivity index (χ0) is 26.9. The van der Waals surface area contributed by atoms with Crippen LogP contribution in [-0.4, -0.2) is 27.7 Å². The predicted octanol–water partition coefficient (Wildman–Crippen LogP) is 8.34. The summed E-state index contributed by atoms with van der Waals surface area (Å²) in [5.41, 5.74) is 2.84. The Labute approximate surface area is 241 Å². The van der Waals surface area contributed by atoms with Crippen molar-refractivity contribution in [1.29, 1.82) is 0 Å². The fourth-order valence-electron chi connectivity index (χ4n) is 3.52. The molecule has 0 aliphatic carbocycles. The highest BCUT2D eigenvalue weighted by molar-refractivity contribution is 7.98. The Morgan fingerprint density at radius 2 is 1.68 bits per heavy atom. The quantitative estimate of drug-likeness (QED) is 0.123. The van der Waals surface area contributed by atoms with Gasteiger partial charge in [-0.3, -0.25) is 0 Å². The van der Waals surface area contributed by atoms with Gasteiger partial charge in [0.05, 0.1) is 12.8 Å². The van der Waals surface area contributed by atoms with Gasteiger partial charge in [-0.1, -0.05) is 71.7 Å². The molecule has 0 radical (unpaired) electrons. The summed E-state index contributed by atoms with van der Waals surface area (Å²) in [5.74, 6) is 2.78. The van der Waals surface area contributed by atoms with Gasteiger partial charge in [-0.2, -0.15) is 9.78 Å². The van der Waals surface area contributed by atoms with Gasteiger partial charge in [0.15, 0.2) is 17.3 Å². The summed E-state index contributed by atoms with van der Waals surface area (Å²) in [6.07, 6.45) is 3.49. The van der Waals surface area contributed by atoms with Crippen LogP contribution in [0.15, 0.2) is 70.9 Å². The summed E-state index contributed by atoms with van der Waals surface area (Å²) in [4.78, 5) is 0. The lowest BCUT2D eigenvalue weighted by Crippen LogP contribution is -2.02. The maximum absolute atomic E-state index is 6.29. The normalized spacial score (nSPS) is 11.3. The molecule has 0 aliphatic rings. The first-order valence-corrected chi connectivity index (χ1v) is 14.3. The number of aryl methyl sites for hydroxylation is 1. The van der Waals surface area contributed by atoms with Crippen molar-refractivity contribution >= 4 is 52.8 Å². The van der Waals surface area contributed by atoms with Gasteiger partial charge in [0.1, 0.15) is 6.61 Å². The molecule has 4 rings (SSSR count). The van der Waals surface area contributed by atoms with E-state index in [1.54, 1.807) is 34.8 Å². The molecule has 0 atom stereocenters. The van der Waals surface area contributed by atoms with Crippen LogP contribution in [0, 0.1) is 0 Å². The monoisotopic (exact) mass is 588 g/mol. The highest BCUT2D eigenvalue weighted by atomic mass is 35.5. The summed E-state index contributed by atoms with van der Waals surface area (Å²) in [6, 6.07) is 18.8. The van der Waals surface area contributed by atoms with Crippen LogP contribution in [0.3, 0.4) is 0 Å². The Hall–Kier alpha value is -2.71. The molecule has 1 heterocycles. The van der Waals surface area contributed by atoms with Crippen LogP contribution < -0.4 is 9.47 Å². The van der Waals surface area contributed by atoms with Gasteiger partial charge in [-0.05, 0) is 66.9 Å². The summed E-state index contributed by atoms with van der Waals surface area (Å²) in [5, 5.41) is 16.0. The Kier molecular flexibility index (Phi) is 10.4. The Bertz CT molecular complexity index is 1390. The fraction of sp³-hybridized carbons (Fsp3) is 0.250. The second kappa shape index (κ2) is 13.9. The number of ether oxygens (including phenoxy) is 2. The van der Waals surface area contributed by atoms with E-state index in [9.17, 15) is 0 Å². The zero-order valence-electron chi connectivity index (χ0n) is 21.0. The van der Waals surface area contributed by atoms with E-state index in [1.165, 1.54) is 0 Å². The standard InChI is InChI=1S/C28H27Cl3N4O2S/c1-3-5-27-33-34-28(38-18-19-6-10-22(29)11-7-19)35(27)32-16-20-8-13-25(26(14-20)36-4-2)37-17-21-9-12-23(30)15-24(21)31/h6-16H,3-5,17-18H2,1-2H3/b32-16+. The second-order valence-electron chi connectivity index (χ2n) is 8.28. The molecule has 0 N–H and O–H groups in total. The zero-order valence-corrected chi connectivity index (χ0v) is 24.1. The minimum absolute atomic E-state index is 0.290. The average molecular weight is 590 g/mol. The van der Waals surface area contributed by atoms with E-state index in [-0.39, 0.29) is 0 Å². The van der Waals surface area contributed by atoms with Crippen LogP contribution in [-0.2, 0) is 18.8 Å². The first kappa shape index (κ1) is 28.3. The van der Waals surface area contributed by atoms with Gasteiger partial charge >= 0.3 is 0 Å². The maximum Gasteiger partial charge on any atom is 0.212 e. The van der Waals surface area contributed by atoms with Crippen molar-refractivity contribution in [1.82, 2.24) is 14.9 Å². The maximum atomic E-state index is 6.29. The van der Waals surface area contributed by atoms with Gasteiger partial charge in [0.25, 0.3) is 0 Å². The van der Waals surface area contributed by atoms with E-state index in [0.29, 0.717) is 39.8 Å². The van der Waals surface area contributed by atoms with Crippen molar-refractivity contribution in [2.24, 2.45) is 5.10 Å². The van der Waals surface area contributed by atoms with E-state index < -0.39 is 0 Å². The molecule has 3 aromatic carbocycles. The van der Waals surface area contributed by atoms with E-state index in [1.807, 2.05) is 55.5 Å².